The lowest BCUT2D eigenvalue weighted by Crippen LogP contribution is -2.45. The van der Waals surface area contributed by atoms with Crippen LogP contribution in [0.25, 0.3) is 0 Å². The van der Waals surface area contributed by atoms with E-state index in [1.54, 1.807) is 14.2 Å². The molecule has 1 fully saturated rings. The van der Waals surface area contributed by atoms with Crippen molar-refractivity contribution in [1.82, 2.24) is 0 Å². The Morgan fingerprint density at radius 2 is 1.73 bits per heavy atom. The number of esters is 1. The van der Waals surface area contributed by atoms with E-state index in [1.807, 2.05) is 19.9 Å². The zero-order valence-corrected chi connectivity index (χ0v) is 30.7. The molecule has 0 saturated carbocycles. The molecule has 1 aromatic carbocycles. The number of allylic oxidation sites excluding steroid dienone is 2. The van der Waals surface area contributed by atoms with Crippen LogP contribution in [-0.4, -0.2) is 34.6 Å². The van der Waals surface area contributed by atoms with Crippen LogP contribution in [0.5, 0.6) is 17.2 Å². The normalized spacial score (nSPS) is 20.8. The fourth-order valence-electron chi connectivity index (χ4n) is 5.37. The second-order valence-corrected chi connectivity index (χ2v) is 19.1. The highest BCUT2D eigenvalue weighted by atomic mass is 28.4. The molecule has 246 valence electrons. The molecule has 1 aromatic rings. The molecule has 0 aliphatic carbocycles. The van der Waals surface area contributed by atoms with E-state index in [0.29, 0.717) is 46.6 Å². The second-order valence-electron chi connectivity index (χ2n) is 14.4. The molecule has 44 heavy (non-hydrogen) atoms. The number of carbonyl (C=O) groups excluding carboxylic acids is 1. The number of ether oxygens (including phenoxy) is 4. The fraction of sp³-hybridized carbons (Fsp3) is 0.649. The summed E-state index contributed by atoms with van der Waals surface area (Å²) < 4.78 is 31.7. The van der Waals surface area contributed by atoms with Crippen LogP contribution in [0.1, 0.15) is 104 Å². The van der Waals surface area contributed by atoms with Gasteiger partial charge in [0.25, 0.3) is 8.32 Å². The van der Waals surface area contributed by atoms with Gasteiger partial charge in [-0.05, 0) is 76.4 Å². The average Bonchev–Trinajstić information content (AvgIpc) is 2.91. The lowest BCUT2D eigenvalue weighted by atomic mass is 9.92. The third-order valence-corrected chi connectivity index (χ3v) is 13.4. The second kappa shape index (κ2) is 15.5. The van der Waals surface area contributed by atoms with Crippen molar-refractivity contribution in [2.75, 3.05) is 14.2 Å². The molecule has 0 radical (unpaired) electrons. The summed E-state index contributed by atoms with van der Waals surface area (Å²) >= 11 is 0. The molecule has 1 heterocycles. The van der Waals surface area contributed by atoms with Crippen LogP contribution in [0.15, 0.2) is 24.8 Å². The molecule has 7 heteroatoms. The third kappa shape index (κ3) is 9.17. The first kappa shape index (κ1) is 37.5. The summed E-state index contributed by atoms with van der Waals surface area (Å²) in [4.78, 5) is 13.4. The monoisotopic (exact) mass is 626 g/mol. The maximum Gasteiger partial charge on any atom is 0.313 e. The highest BCUT2D eigenvalue weighted by Gasteiger charge is 2.45. The van der Waals surface area contributed by atoms with Gasteiger partial charge in [-0.1, -0.05) is 65.0 Å². The molecular weight excluding hydrogens is 568 g/mol. The van der Waals surface area contributed by atoms with E-state index in [2.05, 4.69) is 86.6 Å². The molecule has 0 spiro atoms. The maximum atomic E-state index is 13.4. The van der Waals surface area contributed by atoms with Gasteiger partial charge >= 0.3 is 5.97 Å². The van der Waals surface area contributed by atoms with Crippen LogP contribution < -0.4 is 13.9 Å². The van der Waals surface area contributed by atoms with Crippen LogP contribution >= 0.6 is 0 Å². The van der Waals surface area contributed by atoms with Crippen molar-refractivity contribution in [3.8, 4) is 29.1 Å². The summed E-state index contributed by atoms with van der Waals surface area (Å²) in [5.74, 6) is 8.66. The van der Waals surface area contributed by atoms with Crippen molar-refractivity contribution in [2.24, 2.45) is 23.7 Å². The molecule has 1 aliphatic rings. The average molecular weight is 627 g/mol. The topological polar surface area (TPSA) is 63.2 Å². The van der Waals surface area contributed by atoms with Crippen LogP contribution in [0.4, 0.5) is 0 Å². The summed E-state index contributed by atoms with van der Waals surface area (Å²) in [5.41, 5.74) is 3.09. The van der Waals surface area contributed by atoms with Gasteiger partial charge in [-0.15, -0.1) is 13.2 Å². The first-order chi connectivity index (χ1) is 20.4. The number of benzene rings is 1. The van der Waals surface area contributed by atoms with Crippen molar-refractivity contribution in [3.63, 3.8) is 0 Å². The SMILES string of the molecule is C=C[C@@H](C)CC[C@H]1O[C@@H](c2c(C#C[C@@H](C)C[C@H](C)CC(=C)C)c(OC)c(C)c(OC)c2O[Si](C)(C)C(C)(C)C)OC(=O)[C@H]1C. The van der Waals surface area contributed by atoms with E-state index in [4.69, 9.17) is 23.4 Å². The molecule has 0 bridgehead atoms. The minimum absolute atomic E-state index is 0.106. The van der Waals surface area contributed by atoms with Crippen molar-refractivity contribution >= 4 is 14.3 Å². The van der Waals surface area contributed by atoms with E-state index in [0.717, 1.165) is 24.8 Å². The number of methoxy groups -OCH3 is 2. The third-order valence-electron chi connectivity index (χ3n) is 9.09. The lowest BCUT2D eigenvalue weighted by molar-refractivity contribution is -0.233. The van der Waals surface area contributed by atoms with Gasteiger partial charge in [-0.3, -0.25) is 4.79 Å². The van der Waals surface area contributed by atoms with Gasteiger partial charge in [0.1, 0.15) is 5.75 Å². The Kier molecular flexibility index (Phi) is 13.2. The highest BCUT2D eigenvalue weighted by Crippen LogP contribution is 2.51. The van der Waals surface area contributed by atoms with Crippen LogP contribution in [0, 0.1) is 42.4 Å². The van der Waals surface area contributed by atoms with Gasteiger partial charge in [-0.2, -0.15) is 0 Å². The highest BCUT2D eigenvalue weighted by molar-refractivity contribution is 6.74. The first-order valence-corrected chi connectivity index (χ1v) is 18.9. The molecule has 6 atom stereocenters. The predicted octanol–water partition coefficient (Wildman–Crippen LogP) is 9.56. The Hall–Kier alpha value is -2.69. The van der Waals surface area contributed by atoms with Crippen molar-refractivity contribution in [1.29, 1.82) is 0 Å². The number of hydrogen-bond acceptors (Lipinski definition) is 6. The van der Waals surface area contributed by atoms with E-state index in [-0.39, 0.29) is 23.0 Å². The van der Waals surface area contributed by atoms with Crippen molar-refractivity contribution in [2.45, 2.75) is 119 Å². The Bertz CT molecular complexity index is 1250. The van der Waals surface area contributed by atoms with E-state index < -0.39 is 20.5 Å². The van der Waals surface area contributed by atoms with E-state index in [9.17, 15) is 4.79 Å². The summed E-state index contributed by atoms with van der Waals surface area (Å²) in [6.45, 7) is 31.3. The largest absolute Gasteiger partial charge is 0.541 e. The number of cyclic esters (lactones) is 1. The summed E-state index contributed by atoms with van der Waals surface area (Å²) in [6, 6.07) is 0. The Labute approximate surface area is 269 Å². The number of carbonyl (C=O) groups is 1. The molecular formula is C37H58O6Si. The maximum absolute atomic E-state index is 13.4. The molecule has 1 saturated heterocycles. The van der Waals surface area contributed by atoms with Gasteiger partial charge < -0.3 is 23.4 Å². The van der Waals surface area contributed by atoms with Gasteiger partial charge in [0.2, 0.25) is 6.29 Å². The Morgan fingerprint density at radius 3 is 2.25 bits per heavy atom. The lowest BCUT2D eigenvalue weighted by Gasteiger charge is -2.40. The van der Waals surface area contributed by atoms with Gasteiger partial charge in [-0.25, -0.2) is 0 Å². The van der Waals surface area contributed by atoms with Gasteiger partial charge in [0, 0.05) is 11.5 Å². The van der Waals surface area contributed by atoms with Crippen LogP contribution in [0.2, 0.25) is 18.1 Å². The standard InChI is InChI=1S/C37H58O6Si/c1-16-24(4)18-20-30-27(7)35(38)42-36(41-30)31-29(19-17-25(5)22-26(6)21-23(2)3)32(39-12)28(8)33(40-13)34(31)43-44(14,15)37(9,10)11/h16,24-27,30,36H,1-2,18,20-22H2,3-15H3/t24-,25-,26-,27+,30-,36-/m1/s1. The molecule has 0 N–H and O–H groups in total. The Morgan fingerprint density at radius 1 is 1.11 bits per heavy atom. The smallest absolute Gasteiger partial charge is 0.313 e. The molecule has 0 aromatic heterocycles. The predicted molar refractivity (Wildman–Crippen MR) is 183 cm³/mol. The van der Waals surface area contributed by atoms with Crippen molar-refractivity contribution in [3.05, 3.63) is 41.5 Å². The number of hydrogen-bond donors (Lipinski definition) is 0. The van der Waals surface area contributed by atoms with Gasteiger partial charge in [0.05, 0.1) is 37.4 Å². The fourth-order valence-corrected chi connectivity index (χ4v) is 6.39. The van der Waals surface area contributed by atoms with Gasteiger partial charge in [0.15, 0.2) is 11.5 Å². The zero-order chi connectivity index (χ0) is 33.6. The molecule has 0 unspecified atom stereocenters. The molecule has 6 nitrogen and oxygen atoms in total. The quantitative estimate of drug-likeness (QED) is 0.0940. The first-order valence-electron chi connectivity index (χ1n) is 16.0. The minimum Gasteiger partial charge on any atom is -0.541 e. The Balaban J connectivity index is 2.85. The van der Waals surface area contributed by atoms with Crippen LogP contribution in [-0.2, 0) is 14.3 Å². The summed E-state index contributed by atoms with van der Waals surface area (Å²) in [7, 11) is 0.834. The van der Waals surface area contributed by atoms with Crippen LogP contribution in [0.3, 0.4) is 0 Å². The van der Waals surface area contributed by atoms with Crippen molar-refractivity contribution < 1.29 is 28.2 Å². The zero-order valence-electron chi connectivity index (χ0n) is 29.7. The molecule has 1 aliphatic heterocycles. The summed E-state index contributed by atoms with van der Waals surface area (Å²) in [6.07, 6.45) is 3.98. The van der Waals surface area contributed by atoms with E-state index in [1.165, 1.54) is 5.57 Å². The molecule has 2 rings (SSSR count). The van der Waals surface area contributed by atoms with E-state index >= 15 is 0 Å². The minimum atomic E-state index is -2.41. The summed E-state index contributed by atoms with van der Waals surface area (Å²) in [5, 5.41) is -0.106. The number of rotatable bonds is 13. The molecule has 0 amide bonds.